The molecule has 0 aliphatic carbocycles. The number of halogens is 2. The van der Waals surface area contributed by atoms with Gasteiger partial charge in [0.15, 0.2) is 11.5 Å². The molecule has 0 aliphatic rings. The van der Waals surface area contributed by atoms with Gasteiger partial charge in [0.1, 0.15) is 18.5 Å². The number of ether oxygens (including phenoxy) is 2. The third-order valence-electron chi connectivity index (χ3n) is 4.17. The Morgan fingerprint density at radius 3 is 2.55 bits per heavy atom. The van der Waals surface area contributed by atoms with Crippen molar-refractivity contribution in [1.29, 1.82) is 0 Å². The smallest absolute Gasteiger partial charge is 0.320 e. The van der Waals surface area contributed by atoms with E-state index < -0.39 is 12.0 Å². The molecule has 0 fully saturated rings. The van der Waals surface area contributed by atoms with E-state index >= 15 is 0 Å². The number of hydrogen-bond acceptors (Lipinski definition) is 5. The van der Waals surface area contributed by atoms with Crippen LogP contribution in [0.3, 0.4) is 0 Å². The normalized spacial score (nSPS) is 11.9. The van der Waals surface area contributed by atoms with Gasteiger partial charge in [0.25, 0.3) is 0 Å². The Labute approximate surface area is 183 Å². The summed E-state index contributed by atoms with van der Waals surface area (Å²) >= 11 is 5.15. The van der Waals surface area contributed by atoms with Crippen LogP contribution in [0.5, 0.6) is 11.5 Å². The molecule has 29 heavy (non-hydrogen) atoms. The second-order valence-electron chi connectivity index (χ2n) is 6.29. The fourth-order valence-electron chi connectivity index (χ4n) is 2.62. The maximum absolute atomic E-state index is 13.0. The minimum Gasteiger partial charge on any atom is -0.490 e. The zero-order valence-corrected chi connectivity index (χ0v) is 18.8. The van der Waals surface area contributed by atoms with Crippen LogP contribution in [0.25, 0.3) is 0 Å². The Balaban J connectivity index is 2.11. The lowest BCUT2D eigenvalue weighted by molar-refractivity contribution is -0.139. The van der Waals surface area contributed by atoms with Crippen molar-refractivity contribution in [2.24, 2.45) is 0 Å². The minimum atomic E-state index is -0.862. The fourth-order valence-corrected chi connectivity index (χ4v) is 3.55. The van der Waals surface area contributed by atoms with Crippen molar-refractivity contribution in [2.45, 2.75) is 32.5 Å². The van der Waals surface area contributed by atoms with Crippen molar-refractivity contribution >= 4 is 33.7 Å². The van der Waals surface area contributed by atoms with E-state index in [1.165, 1.54) is 12.1 Å². The molecule has 0 saturated heterocycles. The standard InChI is InChI=1S/C21H25BrFNO4S/c1-3-27-19-10-15(12-24-18(21(25)26)8-9-29-2)17(22)11-20(19)28-13-14-4-6-16(23)7-5-14/h4-7,10-11,18,24H,3,8-9,12-13H2,1-2H3,(H,25,26). The maximum atomic E-state index is 13.0. The van der Waals surface area contributed by atoms with E-state index in [1.807, 2.05) is 25.3 Å². The number of thioether (sulfide) groups is 1. The lowest BCUT2D eigenvalue weighted by atomic mass is 10.1. The van der Waals surface area contributed by atoms with Gasteiger partial charge in [-0.1, -0.05) is 28.1 Å². The van der Waals surface area contributed by atoms with Gasteiger partial charge in [-0.25, -0.2) is 4.39 Å². The van der Waals surface area contributed by atoms with E-state index in [2.05, 4.69) is 21.2 Å². The number of rotatable bonds is 12. The zero-order valence-electron chi connectivity index (χ0n) is 16.4. The highest BCUT2D eigenvalue weighted by molar-refractivity contribution is 9.10. The molecule has 0 amide bonds. The average molecular weight is 486 g/mol. The van der Waals surface area contributed by atoms with Crippen LogP contribution in [-0.4, -0.2) is 35.7 Å². The average Bonchev–Trinajstić information content (AvgIpc) is 2.69. The van der Waals surface area contributed by atoms with Gasteiger partial charge in [-0.2, -0.15) is 11.8 Å². The molecule has 0 saturated carbocycles. The van der Waals surface area contributed by atoms with Crippen molar-refractivity contribution in [2.75, 3.05) is 18.6 Å². The van der Waals surface area contributed by atoms with Gasteiger partial charge in [-0.3, -0.25) is 4.79 Å². The third-order valence-corrected chi connectivity index (χ3v) is 5.55. The monoisotopic (exact) mass is 485 g/mol. The van der Waals surface area contributed by atoms with Crippen molar-refractivity contribution in [3.63, 3.8) is 0 Å². The fraction of sp³-hybridized carbons (Fsp3) is 0.381. The number of carboxylic acid groups (broad SMARTS) is 1. The van der Waals surface area contributed by atoms with Gasteiger partial charge in [-0.15, -0.1) is 0 Å². The van der Waals surface area contributed by atoms with Crippen LogP contribution in [0.1, 0.15) is 24.5 Å². The Morgan fingerprint density at radius 2 is 1.93 bits per heavy atom. The number of carboxylic acids is 1. The van der Waals surface area contributed by atoms with Gasteiger partial charge in [0, 0.05) is 11.0 Å². The third kappa shape index (κ3) is 7.53. The highest BCUT2D eigenvalue weighted by Crippen LogP contribution is 2.34. The number of nitrogens with one attached hydrogen (secondary N) is 1. The summed E-state index contributed by atoms with van der Waals surface area (Å²) in [5.41, 5.74) is 1.71. The summed E-state index contributed by atoms with van der Waals surface area (Å²) in [5.74, 6) is 0.750. The number of aliphatic carboxylic acids is 1. The number of benzene rings is 2. The second kappa shape index (κ2) is 12.0. The molecule has 0 radical (unpaired) electrons. The van der Waals surface area contributed by atoms with Crippen LogP contribution in [0.4, 0.5) is 4.39 Å². The Morgan fingerprint density at radius 1 is 1.24 bits per heavy atom. The quantitative estimate of drug-likeness (QED) is 0.447. The first-order chi connectivity index (χ1) is 13.9. The van der Waals surface area contributed by atoms with E-state index in [1.54, 1.807) is 23.9 Å². The lowest BCUT2D eigenvalue weighted by Gasteiger charge is -2.17. The zero-order chi connectivity index (χ0) is 21.2. The van der Waals surface area contributed by atoms with Crippen LogP contribution in [-0.2, 0) is 17.9 Å². The first kappa shape index (κ1) is 23.5. The Kier molecular flexibility index (Phi) is 9.76. The minimum absolute atomic E-state index is 0.278. The maximum Gasteiger partial charge on any atom is 0.320 e. The van der Waals surface area contributed by atoms with Crippen LogP contribution < -0.4 is 14.8 Å². The molecule has 0 bridgehead atoms. The van der Waals surface area contributed by atoms with Crippen LogP contribution in [0.15, 0.2) is 40.9 Å². The molecule has 2 aromatic carbocycles. The Hall–Kier alpha value is -1.77. The molecule has 2 aromatic rings. The SMILES string of the molecule is CCOc1cc(CNC(CCSC)C(=O)O)c(Br)cc1OCc1ccc(F)cc1. The Bertz CT molecular complexity index is 804. The molecule has 0 aromatic heterocycles. The van der Waals surface area contributed by atoms with Gasteiger partial charge in [0.05, 0.1) is 6.61 Å². The van der Waals surface area contributed by atoms with Crippen molar-refractivity contribution in [3.8, 4) is 11.5 Å². The highest BCUT2D eigenvalue weighted by atomic mass is 79.9. The molecular weight excluding hydrogens is 461 g/mol. The highest BCUT2D eigenvalue weighted by Gasteiger charge is 2.18. The second-order valence-corrected chi connectivity index (χ2v) is 8.13. The van der Waals surface area contributed by atoms with E-state index in [9.17, 15) is 14.3 Å². The molecule has 0 spiro atoms. The first-order valence-corrected chi connectivity index (χ1v) is 11.4. The summed E-state index contributed by atoms with van der Waals surface area (Å²) in [4.78, 5) is 11.4. The summed E-state index contributed by atoms with van der Waals surface area (Å²) in [6, 6.07) is 9.16. The summed E-state index contributed by atoms with van der Waals surface area (Å²) in [6.07, 6.45) is 2.50. The van der Waals surface area contributed by atoms with Crippen molar-refractivity contribution < 1.29 is 23.8 Å². The largest absolute Gasteiger partial charge is 0.490 e. The van der Waals surface area contributed by atoms with Gasteiger partial charge < -0.3 is 19.9 Å². The first-order valence-electron chi connectivity index (χ1n) is 9.22. The van der Waals surface area contributed by atoms with Crippen molar-refractivity contribution in [3.05, 3.63) is 57.8 Å². The topological polar surface area (TPSA) is 67.8 Å². The van der Waals surface area contributed by atoms with Gasteiger partial charge in [0.2, 0.25) is 0 Å². The van der Waals surface area contributed by atoms with Gasteiger partial charge in [-0.05, 0) is 60.7 Å². The molecule has 1 unspecified atom stereocenters. The molecule has 158 valence electrons. The van der Waals surface area contributed by atoms with E-state index in [0.717, 1.165) is 21.4 Å². The molecule has 2 N–H and O–H groups in total. The molecule has 5 nitrogen and oxygen atoms in total. The van der Waals surface area contributed by atoms with Crippen LogP contribution in [0.2, 0.25) is 0 Å². The summed E-state index contributed by atoms with van der Waals surface area (Å²) in [5, 5.41) is 12.5. The lowest BCUT2D eigenvalue weighted by Crippen LogP contribution is -2.36. The predicted molar refractivity (Wildman–Crippen MR) is 117 cm³/mol. The molecule has 0 aliphatic heterocycles. The predicted octanol–water partition coefficient (Wildman–Crippen LogP) is 4.86. The number of hydrogen-bond donors (Lipinski definition) is 2. The van der Waals surface area contributed by atoms with Crippen molar-refractivity contribution in [1.82, 2.24) is 5.32 Å². The van der Waals surface area contributed by atoms with Gasteiger partial charge >= 0.3 is 5.97 Å². The summed E-state index contributed by atoms with van der Waals surface area (Å²) in [7, 11) is 0. The number of carbonyl (C=O) groups is 1. The molecular formula is C21H25BrFNO4S. The molecule has 2 rings (SSSR count). The molecule has 1 atom stereocenters. The molecule has 8 heteroatoms. The van der Waals surface area contributed by atoms with E-state index in [0.29, 0.717) is 31.1 Å². The summed E-state index contributed by atoms with van der Waals surface area (Å²) < 4.78 is 25.4. The van der Waals surface area contributed by atoms with E-state index in [-0.39, 0.29) is 12.4 Å². The van der Waals surface area contributed by atoms with Crippen LogP contribution in [0, 0.1) is 5.82 Å². The molecule has 0 heterocycles. The van der Waals surface area contributed by atoms with Crippen LogP contribution >= 0.6 is 27.7 Å². The van der Waals surface area contributed by atoms with E-state index in [4.69, 9.17) is 9.47 Å². The summed E-state index contributed by atoms with van der Waals surface area (Å²) in [6.45, 7) is 3.00.